The molecule has 1 rings (SSSR count). The van der Waals surface area contributed by atoms with Crippen molar-refractivity contribution in [1.29, 1.82) is 0 Å². The number of hydrogen-bond acceptors (Lipinski definition) is 4. The molecule has 0 aliphatic heterocycles. The van der Waals surface area contributed by atoms with Crippen molar-refractivity contribution in [2.45, 2.75) is 59.0 Å². The van der Waals surface area contributed by atoms with Gasteiger partial charge in [-0.2, -0.15) is 0 Å². The molecule has 0 aliphatic rings. The number of hydrogen-bond donors (Lipinski definition) is 2. The molecule has 1 aromatic carbocycles. The summed E-state index contributed by atoms with van der Waals surface area (Å²) in [6.07, 6.45) is 6.64. The van der Waals surface area contributed by atoms with Crippen LogP contribution in [0.25, 0.3) is 0 Å². The number of aldehydes is 1. The van der Waals surface area contributed by atoms with E-state index >= 15 is 0 Å². The number of carbonyl (C=O) groups excluding carboxylic acids is 1. The first-order valence-corrected chi connectivity index (χ1v) is 7.64. The molecule has 120 valence electrons. The molecule has 1 unspecified atom stereocenters. The van der Waals surface area contributed by atoms with Crippen LogP contribution in [0.5, 0.6) is 11.5 Å². The Morgan fingerprint density at radius 1 is 1.24 bits per heavy atom. The van der Waals surface area contributed by atoms with E-state index in [0.717, 1.165) is 6.42 Å². The molecule has 21 heavy (non-hydrogen) atoms. The average Bonchev–Trinajstić information content (AvgIpc) is 2.47. The SMILES string of the molecule is CCCCCCC(C)O.CCOc1cc(C=O)ccc1O. The average molecular weight is 296 g/mol. The van der Waals surface area contributed by atoms with Gasteiger partial charge in [0.25, 0.3) is 0 Å². The van der Waals surface area contributed by atoms with Gasteiger partial charge in [0.15, 0.2) is 11.5 Å². The summed E-state index contributed by atoms with van der Waals surface area (Å²) in [5.74, 6) is 0.407. The van der Waals surface area contributed by atoms with Gasteiger partial charge in [-0.25, -0.2) is 0 Å². The molecule has 0 fully saturated rings. The lowest BCUT2D eigenvalue weighted by Gasteiger charge is -2.04. The lowest BCUT2D eigenvalue weighted by atomic mass is 10.1. The monoisotopic (exact) mass is 296 g/mol. The first-order valence-electron chi connectivity index (χ1n) is 7.64. The van der Waals surface area contributed by atoms with Gasteiger partial charge >= 0.3 is 0 Å². The van der Waals surface area contributed by atoms with E-state index in [0.29, 0.717) is 24.2 Å². The number of aliphatic hydroxyl groups is 1. The Kier molecular flexibility index (Phi) is 11.3. The third-order valence-corrected chi connectivity index (χ3v) is 2.90. The molecule has 0 radical (unpaired) electrons. The Morgan fingerprint density at radius 2 is 1.95 bits per heavy atom. The molecular formula is C17H28O4. The largest absolute Gasteiger partial charge is 0.504 e. The highest BCUT2D eigenvalue weighted by molar-refractivity contribution is 5.76. The van der Waals surface area contributed by atoms with Crippen molar-refractivity contribution >= 4 is 6.29 Å². The van der Waals surface area contributed by atoms with Crippen LogP contribution in [0.4, 0.5) is 0 Å². The van der Waals surface area contributed by atoms with E-state index < -0.39 is 0 Å². The Balaban J connectivity index is 0.000000400. The standard InChI is InChI=1S/C9H10O3.C8H18O/c1-2-12-9-5-7(6-10)3-4-8(9)11;1-3-4-5-6-7-8(2)9/h3-6,11H,2H2,1H3;8-9H,3-7H2,1-2H3. The molecule has 0 aromatic heterocycles. The molecular weight excluding hydrogens is 268 g/mol. The second-order valence-electron chi connectivity index (χ2n) is 4.98. The molecule has 0 heterocycles. The molecule has 0 spiro atoms. The van der Waals surface area contributed by atoms with E-state index in [2.05, 4.69) is 6.92 Å². The second-order valence-corrected chi connectivity index (χ2v) is 4.98. The molecule has 0 aliphatic carbocycles. The third kappa shape index (κ3) is 9.91. The second kappa shape index (κ2) is 12.2. The van der Waals surface area contributed by atoms with Crippen LogP contribution in [-0.4, -0.2) is 29.2 Å². The summed E-state index contributed by atoms with van der Waals surface area (Å²) in [7, 11) is 0. The smallest absolute Gasteiger partial charge is 0.161 e. The van der Waals surface area contributed by atoms with Crippen LogP contribution in [0.3, 0.4) is 0 Å². The highest BCUT2D eigenvalue weighted by atomic mass is 16.5. The predicted octanol–water partition coefficient (Wildman–Crippen LogP) is 3.94. The summed E-state index contributed by atoms with van der Waals surface area (Å²) < 4.78 is 5.07. The van der Waals surface area contributed by atoms with Crippen molar-refractivity contribution in [2.24, 2.45) is 0 Å². The quantitative estimate of drug-likeness (QED) is 0.563. The fourth-order valence-electron chi connectivity index (χ4n) is 1.74. The number of ether oxygens (including phenoxy) is 1. The van der Waals surface area contributed by atoms with Crippen molar-refractivity contribution in [3.8, 4) is 11.5 Å². The molecule has 2 N–H and O–H groups in total. The summed E-state index contributed by atoms with van der Waals surface area (Å²) in [5, 5.41) is 18.1. The normalized spacial score (nSPS) is 11.2. The molecule has 0 bridgehead atoms. The molecule has 0 saturated heterocycles. The lowest BCUT2D eigenvalue weighted by Crippen LogP contribution is -1.97. The van der Waals surface area contributed by atoms with Gasteiger partial charge in [0.2, 0.25) is 0 Å². The number of phenolic OH excluding ortho intramolecular Hbond substituents is 1. The van der Waals surface area contributed by atoms with Crippen LogP contribution >= 0.6 is 0 Å². The Bertz CT molecular complexity index is 388. The van der Waals surface area contributed by atoms with E-state index in [1.165, 1.54) is 43.9 Å². The van der Waals surface area contributed by atoms with E-state index in [9.17, 15) is 9.90 Å². The third-order valence-electron chi connectivity index (χ3n) is 2.90. The Hall–Kier alpha value is -1.55. The van der Waals surface area contributed by atoms with Gasteiger partial charge in [-0.1, -0.05) is 32.6 Å². The predicted molar refractivity (Wildman–Crippen MR) is 85.1 cm³/mol. The minimum absolute atomic E-state index is 0.0578. The van der Waals surface area contributed by atoms with Crippen molar-refractivity contribution in [1.82, 2.24) is 0 Å². The molecule has 1 aromatic rings. The summed E-state index contributed by atoms with van der Waals surface area (Å²) in [6.45, 7) is 6.33. The highest BCUT2D eigenvalue weighted by Crippen LogP contribution is 2.25. The van der Waals surface area contributed by atoms with Crippen LogP contribution in [-0.2, 0) is 0 Å². The van der Waals surface area contributed by atoms with Gasteiger partial charge in [-0.15, -0.1) is 0 Å². The minimum Gasteiger partial charge on any atom is -0.504 e. The maximum absolute atomic E-state index is 10.3. The summed E-state index contributed by atoms with van der Waals surface area (Å²) in [6, 6.07) is 4.48. The van der Waals surface area contributed by atoms with Crippen LogP contribution in [0.2, 0.25) is 0 Å². The van der Waals surface area contributed by atoms with Crippen molar-refractivity contribution in [3.05, 3.63) is 23.8 Å². The van der Waals surface area contributed by atoms with Gasteiger partial charge in [0.05, 0.1) is 12.7 Å². The van der Waals surface area contributed by atoms with E-state index in [1.807, 2.05) is 13.8 Å². The number of carbonyl (C=O) groups is 1. The van der Waals surface area contributed by atoms with Gasteiger partial charge in [-0.05, 0) is 38.5 Å². The maximum atomic E-state index is 10.3. The molecule has 1 atom stereocenters. The maximum Gasteiger partial charge on any atom is 0.161 e. The van der Waals surface area contributed by atoms with E-state index in [-0.39, 0.29) is 11.9 Å². The highest BCUT2D eigenvalue weighted by Gasteiger charge is 2.01. The Labute approximate surface area is 127 Å². The van der Waals surface area contributed by atoms with Crippen LogP contribution in [0.1, 0.15) is 63.2 Å². The number of aliphatic hydroxyl groups excluding tert-OH is 1. The summed E-state index contributed by atoms with van der Waals surface area (Å²) in [4.78, 5) is 10.3. The van der Waals surface area contributed by atoms with Gasteiger partial charge in [0, 0.05) is 5.56 Å². The minimum atomic E-state index is -0.0955. The van der Waals surface area contributed by atoms with Crippen molar-refractivity contribution < 1.29 is 19.7 Å². The number of unbranched alkanes of at least 4 members (excludes halogenated alkanes) is 3. The van der Waals surface area contributed by atoms with E-state index in [1.54, 1.807) is 0 Å². The zero-order valence-corrected chi connectivity index (χ0v) is 13.3. The molecule has 4 heteroatoms. The first kappa shape index (κ1) is 19.4. The van der Waals surface area contributed by atoms with Crippen molar-refractivity contribution in [3.63, 3.8) is 0 Å². The summed E-state index contributed by atoms with van der Waals surface area (Å²) in [5.41, 5.74) is 0.497. The van der Waals surface area contributed by atoms with E-state index in [4.69, 9.17) is 9.84 Å². The molecule has 4 nitrogen and oxygen atoms in total. The van der Waals surface area contributed by atoms with Gasteiger partial charge in [-0.3, -0.25) is 4.79 Å². The fraction of sp³-hybridized carbons (Fsp3) is 0.588. The topological polar surface area (TPSA) is 66.8 Å². The number of phenols is 1. The van der Waals surface area contributed by atoms with Gasteiger partial charge in [0.1, 0.15) is 6.29 Å². The van der Waals surface area contributed by atoms with Crippen molar-refractivity contribution in [2.75, 3.05) is 6.61 Å². The van der Waals surface area contributed by atoms with Crippen LogP contribution in [0, 0.1) is 0 Å². The number of aromatic hydroxyl groups is 1. The number of rotatable bonds is 8. The summed E-state index contributed by atoms with van der Waals surface area (Å²) >= 11 is 0. The molecule has 0 saturated carbocycles. The zero-order valence-electron chi connectivity index (χ0n) is 13.3. The van der Waals surface area contributed by atoms with Crippen LogP contribution < -0.4 is 4.74 Å². The fourth-order valence-corrected chi connectivity index (χ4v) is 1.74. The lowest BCUT2D eigenvalue weighted by molar-refractivity contribution is 0.112. The van der Waals surface area contributed by atoms with Gasteiger partial charge < -0.3 is 14.9 Å². The first-order chi connectivity index (χ1) is 10.0. The zero-order chi connectivity index (χ0) is 16.1. The van der Waals surface area contributed by atoms with Crippen LogP contribution in [0.15, 0.2) is 18.2 Å². The Morgan fingerprint density at radius 3 is 2.48 bits per heavy atom. The number of benzene rings is 1. The molecule has 0 amide bonds.